The molecule has 0 nitrogen and oxygen atoms in total. The van der Waals surface area contributed by atoms with Gasteiger partial charge in [-0.25, -0.2) is 0 Å². The van der Waals surface area contributed by atoms with Crippen molar-refractivity contribution >= 4 is 0 Å². The van der Waals surface area contributed by atoms with Crippen LogP contribution >= 0.6 is 0 Å². The van der Waals surface area contributed by atoms with Crippen LogP contribution < -0.4 is 0 Å². The third kappa shape index (κ3) is 14.2. The van der Waals surface area contributed by atoms with E-state index in [-0.39, 0.29) is 0 Å². The number of fused-ring (bicyclic) bond motifs is 6. The second-order valence-corrected chi connectivity index (χ2v) is 31.7. The number of rotatable bonds is 27. The van der Waals surface area contributed by atoms with E-state index in [0.29, 0.717) is 10.8 Å². The van der Waals surface area contributed by atoms with Gasteiger partial charge in [0, 0.05) is 0 Å². The summed E-state index contributed by atoms with van der Waals surface area (Å²) in [5, 5.41) is 0. The van der Waals surface area contributed by atoms with E-state index in [1.54, 1.807) is 141 Å². The summed E-state index contributed by atoms with van der Waals surface area (Å²) in [6, 6.07) is 0. The predicted molar refractivity (Wildman–Crippen MR) is 340 cm³/mol. The molecule has 10 aliphatic carbocycles. The lowest BCUT2D eigenvalue weighted by Gasteiger charge is -2.47. The van der Waals surface area contributed by atoms with Crippen LogP contribution in [0.2, 0.25) is 0 Å². The molecule has 0 spiro atoms. The van der Waals surface area contributed by atoms with Gasteiger partial charge in [0.25, 0.3) is 0 Å². The average Bonchev–Trinajstić information content (AvgIpc) is 4.15. The molecule has 10 aliphatic rings. The van der Waals surface area contributed by atoms with Crippen molar-refractivity contribution in [3.05, 3.63) is 23.3 Å². The van der Waals surface area contributed by atoms with Crippen LogP contribution in [0.15, 0.2) is 23.3 Å². The van der Waals surface area contributed by atoms with Gasteiger partial charge in [-0.2, -0.15) is 0 Å². The summed E-state index contributed by atoms with van der Waals surface area (Å²) in [5.41, 5.74) is 5.53. The second-order valence-electron chi connectivity index (χ2n) is 31.7. The Morgan fingerprint density at radius 3 is 0.949 bits per heavy atom. The van der Waals surface area contributed by atoms with Crippen molar-refractivity contribution in [1.29, 1.82) is 0 Å². The number of hydrogen-bond donors (Lipinski definition) is 0. The zero-order valence-corrected chi connectivity index (χ0v) is 53.2. The second kappa shape index (κ2) is 30.5. The zero-order valence-electron chi connectivity index (χ0n) is 53.2. The van der Waals surface area contributed by atoms with Crippen molar-refractivity contribution in [2.24, 2.45) is 106 Å². The number of allylic oxidation sites excluding steroid dienone is 4. The maximum absolute atomic E-state index is 3.12. The Balaban J connectivity index is 0.799. The maximum atomic E-state index is 3.12. The first-order valence-electron chi connectivity index (χ1n) is 37.9. The molecular weight excluding hydrogens is 937 g/mol. The molecule has 0 aromatic rings. The minimum atomic E-state index is 0.680. The van der Waals surface area contributed by atoms with Crippen LogP contribution in [0.3, 0.4) is 0 Å². The molecule has 10 rings (SSSR count). The summed E-state index contributed by atoms with van der Waals surface area (Å²) >= 11 is 0. The van der Waals surface area contributed by atoms with E-state index in [4.69, 9.17) is 0 Å². The highest BCUT2D eigenvalue weighted by atomic mass is 14.7. The van der Waals surface area contributed by atoms with Crippen molar-refractivity contribution in [2.75, 3.05) is 0 Å². The van der Waals surface area contributed by atoms with Gasteiger partial charge in [0.2, 0.25) is 0 Å². The number of hydrogen-bond acceptors (Lipinski definition) is 0. The molecule has 0 radical (unpaired) electrons. The molecule has 0 aromatic carbocycles. The molecule has 10 unspecified atom stereocenters. The van der Waals surface area contributed by atoms with Gasteiger partial charge < -0.3 is 0 Å². The smallest absolute Gasteiger partial charge is 0.0197 e. The first-order chi connectivity index (χ1) is 38.5. The fourth-order valence-corrected chi connectivity index (χ4v) is 24.1. The Labute approximate surface area is 487 Å². The lowest BCUT2D eigenvalue weighted by atomic mass is 9.58. The van der Waals surface area contributed by atoms with Gasteiger partial charge in [0.1, 0.15) is 0 Å². The lowest BCUT2D eigenvalue weighted by molar-refractivity contribution is 0.0421. The highest BCUT2D eigenvalue weighted by Crippen LogP contribution is 2.70. The van der Waals surface area contributed by atoms with Gasteiger partial charge in [-0.3, -0.25) is 0 Å². The van der Waals surface area contributed by atoms with Crippen molar-refractivity contribution in [2.45, 2.75) is 362 Å². The highest BCUT2D eigenvalue weighted by molar-refractivity contribution is 5.21. The van der Waals surface area contributed by atoms with Crippen LogP contribution in [0, 0.1) is 106 Å². The quantitative estimate of drug-likeness (QED) is 0.0568. The van der Waals surface area contributed by atoms with E-state index in [1.165, 1.54) is 193 Å². The fourth-order valence-electron chi connectivity index (χ4n) is 24.1. The summed E-state index contributed by atoms with van der Waals surface area (Å²) in [6.45, 7) is 9.75. The summed E-state index contributed by atoms with van der Waals surface area (Å²) in [5.74, 6) is 16.1. The van der Waals surface area contributed by atoms with Crippen LogP contribution in [0.4, 0.5) is 0 Å². The van der Waals surface area contributed by atoms with Crippen LogP contribution in [0.1, 0.15) is 362 Å². The van der Waals surface area contributed by atoms with Gasteiger partial charge in [0.15, 0.2) is 0 Å². The SMILES string of the molecule is CCCCCCC1(CCCCCC)C2CCCCC2C2CCC(/C(=C/C3CCC(C4CCC(/C=C(\C5CCCCC5)C5CCC6C7CCCCC7C(CCCCCC)(CCCCCC)C6C5)CC4)CC3)C3CCCCC3)CC21. The summed E-state index contributed by atoms with van der Waals surface area (Å²) in [4.78, 5) is 0. The summed E-state index contributed by atoms with van der Waals surface area (Å²) in [6.07, 6.45) is 85.8. The topological polar surface area (TPSA) is 0 Å². The van der Waals surface area contributed by atoms with Gasteiger partial charge in [0.05, 0.1) is 0 Å². The van der Waals surface area contributed by atoms with Crippen LogP contribution in [0.25, 0.3) is 0 Å². The van der Waals surface area contributed by atoms with Crippen molar-refractivity contribution in [3.63, 3.8) is 0 Å². The molecule has 10 atom stereocenters. The first kappa shape index (κ1) is 60.6. The molecule has 0 saturated heterocycles. The largest absolute Gasteiger partial charge is 0.0817 e. The Hall–Kier alpha value is -0.520. The third-order valence-corrected chi connectivity index (χ3v) is 27.7. The molecular formula is C78H134. The van der Waals surface area contributed by atoms with E-state index in [1.807, 2.05) is 0 Å². The van der Waals surface area contributed by atoms with Crippen LogP contribution in [-0.4, -0.2) is 0 Å². The van der Waals surface area contributed by atoms with Crippen LogP contribution in [0.5, 0.6) is 0 Å². The standard InChI is InChI=1S/C78H134/c1-5-9-13-27-51-77(52-28-14-10-6-2)73-37-25-23-35-67(73)69-49-47-65(57-75(69)77)71(63-31-19-17-20-32-63)55-59-39-43-61(44-40-59)62-45-41-60(42-46-62)56-72(64-33-21-18-22-34-64)66-48-50-70-68-36-24-26-38-74(68)78(76(70)58-66,53-29-15-11-7-3)54-30-16-12-8-4/h55-56,59-70,73-76H,5-54,57-58H2,1-4H3/b71-55+,72-56+. The molecule has 0 aliphatic heterocycles. The molecule has 10 fully saturated rings. The lowest BCUT2D eigenvalue weighted by Crippen LogP contribution is -2.38. The fraction of sp³-hybridized carbons (Fsp3) is 0.949. The number of unbranched alkanes of at least 4 members (excludes halogenated alkanes) is 12. The summed E-state index contributed by atoms with van der Waals surface area (Å²) in [7, 11) is 0. The Morgan fingerprint density at radius 1 is 0.282 bits per heavy atom. The minimum Gasteiger partial charge on any atom is -0.0817 e. The molecule has 78 heavy (non-hydrogen) atoms. The van der Waals surface area contributed by atoms with E-state index in [0.717, 1.165) is 94.7 Å². The van der Waals surface area contributed by atoms with E-state index in [2.05, 4.69) is 51.0 Å². The zero-order chi connectivity index (χ0) is 53.6. The maximum Gasteiger partial charge on any atom is -0.0197 e. The Morgan fingerprint density at radius 2 is 0.603 bits per heavy atom. The van der Waals surface area contributed by atoms with Gasteiger partial charge in [-0.1, -0.05) is 218 Å². The average molecular weight is 1070 g/mol. The van der Waals surface area contributed by atoms with E-state index < -0.39 is 0 Å². The molecule has 0 bridgehead atoms. The van der Waals surface area contributed by atoms with E-state index >= 15 is 0 Å². The van der Waals surface area contributed by atoms with Crippen molar-refractivity contribution in [3.8, 4) is 0 Å². The summed E-state index contributed by atoms with van der Waals surface area (Å²) < 4.78 is 0. The molecule has 446 valence electrons. The molecule has 0 heteroatoms. The minimum absolute atomic E-state index is 0.680. The van der Waals surface area contributed by atoms with Crippen molar-refractivity contribution in [1.82, 2.24) is 0 Å². The normalized spacial score (nSPS) is 37.6. The van der Waals surface area contributed by atoms with E-state index in [9.17, 15) is 0 Å². The van der Waals surface area contributed by atoms with Crippen molar-refractivity contribution < 1.29 is 0 Å². The van der Waals surface area contributed by atoms with Gasteiger partial charge >= 0.3 is 0 Å². The predicted octanol–water partition coefficient (Wildman–Crippen LogP) is 25.2. The monoisotopic (exact) mass is 1070 g/mol. The third-order valence-electron chi connectivity index (χ3n) is 27.7. The Bertz CT molecular complexity index is 1600. The molecule has 0 N–H and O–H groups in total. The Kier molecular flexibility index (Phi) is 23.7. The molecule has 0 amide bonds. The van der Waals surface area contributed by atoms with Gasteiger partial charge in [-0.15, -0.1) is 0 Å². The molecule has 0 heterocycles. The first-order valence-corrected chi connectivity index (χ1v) is 37.9. The molecule has 0 aromatic heterocycles. The molecule has 10 saturated carbocycles. The van der Waals surface area contributed by atoms with Crippen LogP contribution in [-0.2, 0) is 0 Å². The van der Waals surface area contributed by atoms with Gasteiger partial charge in [-0.05, 0) is 272 Å². The highest BCUT2D eigenvalue weighted by Gasteiger charge is 2.62.